The minimum atomic E-state index is 0.0785. The Bertz CT molecular complexity index is 986. The van der Waals surface area contributed by atoms with Gasteiger partial charge in [0.25, 0.3) is 5.56 Å². The van der Waals surface area contributed by atoms with E-state index in [1.165, 1.54) is 5.56 Å². The lowest BCUT2D eigenvalue weighted by Crippen LogP contribution is -2.39. The second kappa shape index (κ2) is 10.3. The minimum Gasteiger partial charge on any atom is -0.492 e. The maximum atomic E-state index is 12.7. The first-order valence-corrected chi connectivity index (χ1v) is 11.8. The van der Waals surface area contributed by atoms with Crippen LogP contribution < -0.4 is 10.3 Å². The molecule has 1 fully saturated rings. The normalized spacial score (nSPS) is 18.8. The molecule has 0 N–H and O–H groups in total. The molecule has 7 heteroatoms. The van der Waals surface area contributed by atoms with Crippen LogP contribution in [0, 0.1) is 6.92 Å². The van der Waals surface area contributed by atoms with Crippen LogP contribution in [0.25, 0.3) is 0 Å². The van der Waals surface area contributed by atoms with Gasteiger partial charge in [-0.2, -0.15) is 0 Å². The molecule has 0 aliphatic carbocycles. The fourth-order valence-electron chi connectivity index (χ4n) is 4.53. The monoisotopic (exact) mass is 438 g/mol. The minimum absolute atomic E-state index is 0.0785. The summed E-state index contributed by atoms with van der Waals surface area (Å²) in [6.07, 6.45) is 5.12. The van der Waals surface area contributed by atoms with E-state index in [0.717, 1.165) is 69.0 Å². The number of likely N-dealkylation sites (N-methyl/N-ethyl adjacent to an activating group) is 1. The SMILES string of the molecule is Cc1ccc(OCCN(C)C(=O)CN2CC[C@@H](c3cc(=O)n4c(n3)CCCCC4)C2)cc1. The molecular formula is C25H34N4O3. The highest BCUT2D eigenvalue weighted by atomic mass is 16.5. The van der Waals surface area contributed by atoms with Crippen LogP contribution in [0.15, 0.2) is 35.1 Å². The molecule has 1 amide bonds. The topological polar surface area (TPSA) is 67.7 Å². The summed E-state index contributed by atoms with van der Waals surface area (Å²) < 4.78 is 7.59. The molecule has 1 saturated heterocycles. The van der Waals surface area contributed by atoms with E-state index in [4.69, 9.17) is 9.72 Å². The number of fused-ring (bicyclic) bond motifs is 1. The summed E-state index contributed by atoms with van der Waals surface area (Å²) in [6, 6.07) is 9.65. The Morgan fingerprint density at radius 2 is 2.00 bits per heavy atom. The highest BCUT2D eigenvalue weighted by molar-refractivity contribution is 5.78. The molecule has 0 bridgehead atoms. The zero-order valence-electron chi connectivity index (χ0n) is 19.3. The third kappa shape index (κ3) is 5.57. The van der Waals surface area contributed by atoms with E-state index in [1.807, 2.05) is 42.8 Å². The van der Waals surface area contributed by atoms with Crippen LogP contribution in [0.5, 0.6) is 5.75 Å². The molecular weight excluding hydrogens is 404 g/mol. The lowest BCUT2D eigenvalue weighted by Gasteiger charge is -2.22. The first-order valence-electron chi connectivity index (χ1n) is 11.8. The lowest BCUT2D eigenvalue weighted by atomic mass is 10.0. The predicted molar refractivity (Wildman–Crippen MR) is 124 cm³/mol. The number of likely N-dealkylation sites (tertiary alicyclic amines) is 1. The largest absolute Gasteiger partial charge is 0.492 e. The molecule has 0 saturated carbocycles. The molecule has 2 aliphatic heterocycles. The molecule has 1 aromatic carbocycles. The molecule has 1 atom stereocenters. The van der Waals surface area contributed by atoms with Crippen molar-refractivity contribution in [3.05, 3.63) is 57.8 Å². The van der Waals surface area contributed by atoms with E-state index in [0.29, 0.717) is 19.7 Å². The molecule has 172 valence electrons. The van der Waals surface area contributed by atoms with E-state index in [9.17, 15) is 9.59 Å². The van der Waals surface area contributed by atoms with Crippen molar-refractivity contribution in [3.63, 3.8) is 0 Å². The van der Waals surface area contributed by atoms with Gasteiger partial charge in [0.2, 0.25) is 5.91 Å². The van der Waals surface area contributed by atoms with Gasteiger partial charge < -0.3 is 9.64 Å². The average molecular weight is 439 g/mol. The van der Waals surface area contributed by atoms with E-state index >= 15 is 0 Å². The number of rotatable bonds is 7. The predicted octanol–water partition coefficient (Wildman–Crippen LogP) is 2.60. The Morgan fingerprint density at radius 3 is 2.81 bits per heavy atom. The zero-order chi connectivity index (χ0) is 22.5. The zero-order valence-corrected chi connectivity index (χ0v) is 19.3. The second-order valence-electron chi connectivity index (χ2n) is 9.10. The Kier molecular flexibility index (Phi) is 7.25. The van der Waals surface area contributed by atoms with Gasteiger partial charge in [-0.15, -0.1) is 0 Å². The summed E-state index contributed by atoms with van der Waals surface area (Å²) in [5, 5.41) is 0. The van der Waals surface area contributed by atoms with Gasteiger partial charge in [0, 0.05) is 38.5 Å². The quantitative estimate of drug-likeness (QED) is 0.665. The second-order valence-corrected chi connectivity index (χ2v) is 9.10. The van der Waals surface area contributed by atoms with Crippen molar-refractivity contribution in [2.75, 3.05) is 39.8 Å². The van der Waals surface area contributed by atoms with Gasteiger partial charge in [0.05, 0.1) is 18.8 Å². The summed E-state index contributed by atoms with van der Waals surface area (Å²) in [7, 11) is 1.82. The number of aryl methyl sites for hydroxylation is 2. The van der Waals surface area contributed by atoms with Crippen LogP contribution in [0.1, 0.15) is 48.7 Å². The van der Waals surface area contributed by atoms with Crippen molar-refractivity contribution in [1.82, 2.24) is 19.4 Å². The third-order valence-electron chi connectivity index (χ3n) is 6.58. The number of carbonyl (C=O) groups excluding carboxylic acids is 1. The molecule has 2 aliphatic rings. The first-order chi connectivity index (χ1) is 15.5. The van der Waals surface area contributed by atoms with Crippen molar-refractivity contribution in [1.29, 1.82) is 0 Å². The van der Waals surface area contributed by atoms with Gasteiger partial charge in [0.15, 0.2) is 0 Å². The molecule has 3 heterocycles. The van der Waals surface area contributed by atoms with Gasteiger partial charge in [-0.25, -0.2) is 4.98 Å². The van der Waals surface area contributed by atoms with E-state index < -0.39 is 0 Å². The lowest BCUT2D eigenvalue weighted by molar-refractivity contribution is -0.131. The molecule has 0 spiro atoms. The summed E-state index contributed by atoms with van der Waals surface area (Å²) >= 11 is 0. The Balaban J connectivity index is 1.27. The van der Waals surface area contributed by atoms with E-state index in [2.05, 4.69) is 4.90 Å². The number of amides is 1. The number of aromatic nitrogens is 2. The van der Waals surface area contributed by atoms with Crippen LogP contribution in [-0.4, -0.2) is 65.1 Å². The third-order valence-corrected chi connectivity index (χ3v) is 6.58. The Labute approximate surface area is 190 Å². The summed E-state index contributed by atoms with van der Waals surface area (Å²) in [5.41, 5.74) is 2.17. The fraction of sp³-hybridized carbons (Fsp3) is 0.560. The van der Waals surface area contributed by atoms with Crippen LogP contribution >= 0.6 is 0 Å². The van der Waals surface area contributed by atoms with E-state index in [-0.39, 0.29) is 17.4 Å². The number of nitrogens with zero attached hydrogens (tertiary/aromatic N) is 4. The van der Waals surface area contributed by atoms with Crippen LogP contribution in [0.2, 0.25) is 0 Å². The van der Waals surface area contributed by atoms with Crippen molar-refractivity contribution < 1.29 is 9.53 Å². The van der Waals surface area contributed by atoms with Crippen LogP contribution in [0.3, 0.4) is 0 Å². The van der Waals surface area contributed by atoms with Crippen molar-refractivity contribution in [3.8, 4) is 5.75 Å². The summed E-state index contributed by atoms with van der Waals surface area (Å²) in [6.45, 7) is 5.86. The van der Waals surface area contributed by atoms with Gasteiger partial charge >= 0.3 is 0 Å². The maximum Gasteiger partial charge on any atom is 0.253 e. The van der Waals surface area contributed by atoms with Gasteiger partial charge in [0.1, 0.15) is 18.2 Å². The first kappa shape index (κ1) is 22.5. The molecule has 2 aromatic rings. The van der Waals surface area contributed by atoms with Gasteiger partial charge in [-0.1, -0.05) is 24.1 Å². The Hall–Kier alpha value is -2.67. The maximum absolute atomic E-state index is 12.7. The number of benzene rings is 1. The molecule has 32 heavy (non-hydrogen) atoms. The van der Waals surface area contributed by atoms with Crippen molar-refractivity contribution >= 4 is 5.91 Å². The number of carbonyl (C=O) groups is 1. The molecule has 1 aromatic heterocycles. The highest BCUT2D eigenvalue weighted by Gasteiger charge is 2.28. The molecule has 7 nitrogen and oxygen atoms in total. The van der Waals surface area contributed by atoms with Gasteiger partial charge in [-0.3, -0.25) is 19.1 Å². The number of hydrogen-bond acceptors (Lipinski definition) is 5. The molecule has 0 radical (unpaired) electrons. The number of hydrogen-bond donors (Lipinski definition) is 0. The Morgan fingerprint density at radius 1 is 1.19 bits per heavy atom. The highest BCUT2D eigenvalue weighted by Crippen LogP contribution is 2.26. The van der Waals surface area contributed by atoms with Gasteiger partial charge in [-0.05, 0) is 44.9 Å². The van der Waals surface area contributed by atoms with E-state index in [1.54, 1.807) is 11.0 Å². The fourth-order valence-corrected chi connectivity index (χ4v) is 4.53. The van der Waals surface area contributed by atoms with Crippen LogP contribution in [-0.2, 0) is 17.8 Å². The smallest absolute Gasteiger partial charge is 0.253 e. The van der Waals surface area contributed by atoms with Crippen molar-refractivity contribution in [2.24, 2.45) is 0 Å². The molecule has 4 rings (SSSR count). The summed E-state index contributed by atoms with van der Waals surface area (Å²) in [5.74, 6) is 2.07. The number of ether oxygens (including phenoxy) is 1. The van der Waals surface area contributed by atoms with Crippen molar-refractivity contribution in [2.45, 2.75) is 51.5 Å². The molecule has 0 unspecified atom stereocenters. The standard InChI is InChI=1S/C25H34N4O3/c1-19-7-9-21(10-8-19)32-15-14-27(2)25(31)18-28-13-11-20(17-28)22-16-24(30)29-12-5-3-4-6-23(29)26-22/h7-10,16,20H,3-6,11-15,17-18H2,1-2H3/t20-/m1/s1. The van der Waals surface area contributed by atoms with Crippen LogP contribution in [0.4, 0.5) is 0 Å². The summed E-state index contributed by atoms with van der Waals surface area (Å²) in [4.78, 5) is 34.0. The average Bonchev–Trinajstić information content (AvgIpc) is 3.10.